The van der Waals surface area contributed by atoms with Crippen LogP contribution in [-0.4, -0.2) is 44.6 Å². The third kappa shape index (κ3) is 18.9. The zero-order valence-electron chi connectivity index (χ0n) is 15.6. The molecule has 0 aromatic carbocycles. The van der Waals surface area contributed by atoms with Crippen LogP contribution in [0.4, 0.5) is 0 Å². The van der Waals surface area contributed by atoms with Gasteiger partial charge in [-0.25, -0.2) is 0 Å². The van der Waals surface area contributed by atoms with Crippen molar-refractivity contribution in [2.45, 2.75) is 91.3 Å². The summed E-state index contributed by atoms with van der Waals surface area (Å²) in [6.07, 6.45) is 3.85. The van der Waals surface area contributed by atoms with Gasteiger partial charge in [0.2, 0.25) is 0 Å². The third-order valence-electron chi connectivity index (χ3n) is 3.73. The van der Waals surface area contributed by atoms with E-state index in [-0.39, 0.29) is 12.8 Å². The molecule has 0 spiro atoms. The number of aliphatic carboxylic acids is 2. The van der Waals surface area contributed by atoms with Crippen molar-refractivity contribution in [3.05, 3.63) is 0 Å². The first kappa shape index (κ1) is 25.1. The van der Waals surface area contributed by atoms with Gasteiger partial charge >= 0.3 is 11.9 Å². The van der Waals surface area contributed by atoms with E-state index < -0.39 is 24.1 Å². The van der Waals surface area contributed by atoms with Crippen LogP contribution in [0.1, 0.15) is 79.1 Å². The van der Waals surface area contributed by atoms with Crippen molar-refractivity contribution < 1.29 is 30.0 Å². The number of rotatable bonds is 12. The molecule has 0 saturated carbocycles. The average Bonchev–Trinajstić information content (AvgIpc) is 2.37. The first-order chi connectivity index (χ1) is 11.1. The van der Waals surface area contributed by atoms with E-state index in [2.05, 4.69) is 13.8 Å². The van der Waals surface area contributed by atoms with Crippen molar-refractivity contribution in [2.75, 3.05) is 0 Å². The Morgan fingerprint density at radius 1 is 0.750 bits per heavy atom. The van der Waals surface area contributed by atoms with E-state index in [4.69, 9.17) is 10.2 Å². The zero-order chi connectivity index (χ0) is 19.1. The monoisotopic (exact) mass is 348 g/mol. The minimum Gasteiger partial charge on any atom is -0.481 e. The lowest BCUT2D eigenvalue weighted by atomic mass is 9.97. The van der Waals surface area contributed by atoms with E-state index in [1.807, 2.05) is 13.8 Å². The molecular weight excluding hydrogens is 312 g/mol. The molecule has 4 N–H and O–H groups in total. The molecule has 0 amide bonds. The van der Waals surface area contributed by atoms with Gasteiger partial charge in [-0.15, -0.1) is 0 Å². The maximum Gasteiger partial charge on any atom is 0.305 e. The van der Waals surface area contributed by atoms with E-state index in [0.717, 1.165) is 25.7 Å². The maximum absolute atomic E-state index is 10.2. The van der Waals surface area contributed by atoms with Gasteiger partial charge in [0, 0.05) is 0 Å². The van der Waals surface area contributed by atoms with Gasteiger partial charge in [-0.05, 0) is 24.7 Å². The minimum absolute atomic E-state index is 0.131. The Morgan fingerprint density at radius 2 is 1.04 bits per heavy atom. The second kappa shape index (κ2) is 15.4. The highest BCUT2D eigenvalue weighted by molar-refractivity contribution is 5.67. The molecule has 0 aliphatic carbocycles. The highest BCUT2D eigenvalue weighted by Crippen LogP contribution is 2.14. The number of carbonyl (C=O) groups is 2. The first-order valence-corrected chi connectivity index (χ1v) is 8.91. The highest BCUT2D eigenvalue weighted by Gasteiger charge is 2.13. The summed E-state index contributed by atoms with van der Waals surface area (Å²) in [6, 6.07) is 0. The fraction of sp³-hybridized carbons (Fsp3) is 0.889. The van der Waals surface area contributed by atoms with Gasteiger partial charge in [-0.2, -0.15) is 0 Å². The van der Waals surface area contributed by atoms with Gasteiger partial charge < -0.3 is 20.4 Å². The van der Waals surface area contributed by atoms with E-state index in [1.165, 1.54) is 0 Å². The molecule has 0 rings (SSSR count). The van der Waals surface area contributed by atoms with Crippen molar-refractivity contribution >= 4 is 11.9 Å². The number of carboxylic acids is 2. The Hall–Kier alpha value is -1.14. The highest BCUT2D eigenvalue weighted by atomic mass is 16.4. The largest absolute Gasteiger partial charge is 0.481 e. The Bertz CT molecular complexity index is 299. The molecule has 24 heavy (non-hydrogen) atoms. The summed E-state index contributed by atoms with van der Waals surface area (Å²) < 4.78 is 0. The predicted molar refractivity (Wildman–Crippen MR) is 93.9 cm³/mol. The molecule has 6 heteroatoms. The number of aliphatic hydroxyl groups excluding tert-OH is 2. The van der Waals surface area contributed by atoms with Gasteiger partial charge in [0.25, 0.3) is 0 Å². The number of hydrogen-bond acceptors (Lipinski definition) is 4. The molecule has 144 valence electrons. The summed E-state index contributed by atoms with van der Waals surface area (Å²) in [5.74, 6) is -1.01. The van der Waals surface area contributed by atoms with Crippen LogP contribution >= 0.6 is 0 Å². The molecule has 0 bridgehead atoms. The number of hydrogen-bond donors (Lipinski definition) is 4. The lowest BCUT2D eigenvalue weighted by Crippen LogP contribution is -2.16. The summed E-state index contributed by atoms with van der Waals surface area (Å²) in [6.45, 7) is 8.24. The van der Waals surface area contributed by atoms with Gasteiger partial charge in [0.1, 0.15) is 0 Å². The Balaban J connectivity index is 0. The van der Waals surface area contributed by atoms with Crippen LogP contribution in [0.25, 0.3) is 0 Å². The van der Waals surface area contributed by atoms with Crippen LogP contribution in [0.2, 0.25) is 0 Å². The SMILES string of the molecule is CCCC(C)CC(O)CC(=O)O.CCCC(C)CC(O)CC(=O)O. The molecule has 4 unspecified atom stereocenters. The molecule has 0 aromatic heterocycles. The summed E-state index contributed by atoms with van der Waals surface area (Å²) in [5.41, 5.74) is 0. The predicted octanol–water partition coefficient (Wildman–Crippen LogP) is 3.30. The van der Waals surface area contributed by atoms with Crippen LogP contribution in [-0.2, 0) is 9.59 Å². The lowest BCUT2D eigenvalue weighted by Gasteiger charge is -2.13. The van der Waals surface area contributed by atoms with Gasteiger partial charge in [-0.1, -0.05) is 53.4 Å². The summed E-state index contributed by atoms with van der Waals surface area (Å²) in [5, 5.41) is 35.2. The molecule has 0 aliphatic heterocycles. The average molecular weight is 348 g/mol. The van der Waals surface area contributed by atoms with Crippen LogP contribution in [0.5, 0.6) is 0 Å². The molecule has 0 aromatic rings. The molecule has 4 atom stereocenters. The topological polar surface area (TPSA) is 115 Å². The smallest absolute Gasteiger partial charge is 0.305 e. The molecule has 0 radical (unpaired) electrons. The van der Waals surface area contributed by atoms with E-state index in [0.29, 0.717) is 24.7 Å². The zero-order valence-corrected chi connectivity index (χ0v) is 15.6. The van der Waals surface area contributed by atoms with Crippen LogP contribution in [0.15, 0.2) is 0 Å². The minimum atomic E-state index is -0.925. The number of aliphatic hydroxyl groups is 2. The first-order valence-electron chi connectivity index (χ1n) is 8.91. The van der Waals surface area contributed by atoms with E-state index in [9.17, 15) is 19.8 Å². The summed E-state index contributed by atoms with van der Waals surface area (Å²) in [7, 11) is 0. The second-order valence-electron chi connectivity index (χ2n) is 6.76. The fourth-order valence-corrected chi connectivity index (χ4v) is 2.72. The third-order valence-corrected chi connectivity index (χ3v) is 3.73. The number of carboxylic acid groups (broad SMARTS) is 2. The second-order valence-corrected chi connectivity index (χ2v) is 6.76. The molecule has 0 heterocycles. The normalized spacial score (nSPS) is 15.6. The standard InChI is InChI=1S/2C9H18O3/c2*1-3-4-7(2)5-8(10)6-9(11)12/h2*7-8,10H,3-6H2,1-2H3,(H,11,12). The van der Waals surface area contributed by atoms with Crippen molar-refractivity contribution in [1.29, 1.82) is 0 Å². The van der Waals surface area contributed by atoms with Crippen molar-refractivity contribution in [3.8, 4) is 0 Å². The van der Waals surface area contributed by atoms with Crippen LogP contribution in [0, 0.1) is 11.8 Å². The van der Waals surface area contributed by atoms with Crippen molar-refractivity contribution in [3.63, 3.8) is 0 Å². The summed E-state index contributed by atoms with van der Waals surface area (Å²) >= 11 is 0. The van der Waals surface area contributed by atoms with E-state index in [1.54, 1.807) is 0 Å². The van der Waals surface area contributed by atoms with Crippen LogP contribution in [0.3, 0.4) is 0 Å². The van der Waals surface area contributed by atoms with Gasteiger partial charge in [0.15, 0.2) is 0 Å². The van der Waals surface area contributed by atoms with Crippen molar-refractivity contribution in [2.24, 2.45) is 11.8 Å². The quantitative estimate of drug-likeness (QED) is 0.430. The fourth-order valence-electron chi connectivity index (χ4n) is 2.72. The van der Waals surface area contributed by atoms with E-state index >= 15 is 0 Å². The van der Waals surface area contributed by atoms with Gasteiger partial charge in [0.05, 0.1) is 25.0 Å². The molecule has 6 nitrogen and oxygen atoms in total. The Labute approximate surface area is 145 Å². The molecule has 0 fully saturated rings. The van der Waals surface area contributed by atoms with Crippen LogP contribution < -0.4 is 0 Å². The Kier molecular flexibility index (Phi) is 16.1. The maximum atomic E-state index is 10.2. The van der Waals surface area contributed by atoms with Crippen molar-refractivity contribution in [1.82, 2.24) is 0 Å². The lowest BCUT2D eigenvalue weighted by molar-refractivity contribution is -0.140. The summed E-state index contributed by atoms with van der Waals surface area (Å²) in [4.78, 5) is 20.4. The molecular formula is C18H36O6. The molecule has 0 saturated heterocycles. The van der Waals surface area contributed by atoms with Gasteiger partial charge in [-0.3, -0.25) is 9.59 Å². The Morgan fingerprint density at radius 3 is 1.25 bits per heavy atom. The molecule has 0 aliphatic rings.